The zero-order valence-electron chi connectivity index (χ0n) is 11.7. The van der Waals surface area contributed by atoms with Crippen LogP contribution in [-0.4, -0.2) is 19.8 Å². The number of methoxy groups -OCH3 is 1. The van der Waals surface area contributed by atoms with Crippen LogP contribution in [-0.2, 0) is 0 Å². The van der Waals surface area contributed by atoms with Crippen molar-refractivity contribution >= 4 is 33.1 Å². The van der Waals surface area contributed by atoms with E-state index in [-0.39, 0.29) is 12.7 Å². The standard InChI is InChI=1S/C17H11NO4/c1-20-15-9-5-3-2-4-8(9)13-12-10(17(19)18-14(12)15)6-11-16(13)22-7-21-11/h2-6H,7H2,1H3,(H,18,19). The van der Waals surface area contributed by atoms with E-state index in [1.165, 1.54) is 0 Å². The van der Waals surface area contributed by atoms with E-state index in [4.69, 9.17) is 14.2 Å². The van der Waals surface area contributed by atoms with Gasteiger partial charge in [-0.3, -0.25) is 4.79 Å². The molecule has 0 radical (unpaired) electrons. The molecular formula is C17H11NO4. The highest BCUT2D eigenvalue weighted by Crippen LogP contribution is 2.52. The molecule has 2 aliphatic rings. The van der Waals surface area contributed by atoms with Gasteiger partial charge in [-0.1, -0.05) is 24.3 Å². The maximum Gasteiger partial charge on any atom is 0.256 e. The first-order valence-electron chi connectivity index (χ1n) is 6.96. The molecule has 0 bridgehead atoms. The zero-order chi connectivity index (χ0) is 14.8. The Balaban J connectivity index is 2.13. The van der Waals surface area contributed by atoms with Gasteiger partial charge >= 0.3 is 0 Å². The van der Waals surface area contributed by atoms with Gasteiger partial charge in [-0.05, 0) is 11.5 Å². The molecule has 0 unspecified atom stereocenters. The fourth-order valence-corrected chi connectivity index (χ4v) is 3.40. The van der Waals surface area contributed by atoms with E-state index >= 15 is 0 Å². The molecule has 5 heteroatoms. The average molecular weight is 293 g/mol. The summed E-state index contributed by atoms with van der Waals surface area (Å²) in [4.78, 5) is 12.3. The molecule has 0 aromatic heterocycles. The summed E-state index contributed by atoms with van der Waals surface area (Å²) in [5, 5.41) is 6.57. The number of anilines is 1. The maximum atomic E-state index is 12.3. The van der Waals surface area contributed by atoms with E-state index in [2.05, 4.69) is 5.32 Å². The van der Waals surface area contributed by atoms with Crippen molar-refractivity contribution in [3.63, 3.8) is 0 Å². The number of amides is 1. The lowest BCUT2D eigenvalue weighted by Crippen LogP contribution is -2.05. The van der Waals surface area contributed by atoms with Crippen LogP contribution in [0.4, 0.5) is 5.69 Å². The molecule has 1 amide bonds. The monoisotopic (exact) mass is 293 g/mol. The molecule has 3 aromatic rings. The van der Waals surface area contributed by atoms with Gasteiger partial charge in [0.15, 0.2) is 17.2 Å². The molecular weight excluding hydrogens is 282 g/mol. The molecule has 1 N–H and O–H groups in total. The minimum absolute atomic E-state index is 0.146. The summed E-state index contributed by atoms with van der Waals surface area (Å²) >= 11 is 0. The van der Waals surface area contributed by atoms with Crippen LogP contribution in [0.25, 0.3) is 21.5 Å². The zero-order valence-corrected chi connectivity index (χ0v) is 11.7. The highest BCUT2D eigenvalue weighted by molar-refractivity contribution is 6.32. The highest BCUT2D eigenvalue weighted by atomic mass is 16.7. The van der Waals surface area contributed by atoms with Crippen LogP contribution in [0.2, 0.25) is 0 Å². The minimum Gasteiger partial charge on any atom is -0.494 e. The fraction of sp³-hybridized carbons (Fsp3) is 0.118. The van der Waals surface area contributed by atoms with Gasteiger partial charge in [0.1, 0.15) is 0 Å². The summed E-state index contributed by atoms with van der Waals surface area (Å²) in [6, 6.07) is 9.63. The number of nitrogens with one attached hydrogen (secondary N) is 1. The smallest absolute Gasteiger partial charge is 0.256 e. The van der Waals surface area contributed by atoms with E-state index in [1.807, 2.05) is 24.3 Å². The van der Waals surface area contributed by atoms with Gasteiger partial charge in [-0.25, -0.2) is 0 Å². The number of fused-ring (bicyclic) bond motifs is 4. The molecule has 22 heavy (non-hydrogen) atoms. The van der Waals surface area contributed by atoms with Gasteiger partial charge in [-0.15, -0.1) is 0 Å². The van der Waals surface area contributed by atoms with Gasteiger partial charge in [0.25, 0.3) is 5.91 Å². The highest BCUT2D eigenvalue weighted by Gasteiger charge is 2.32. The quantitative estimate of drug-likeness (QED) is 0.699. The van der Waals surface area contributed by atoms with E-state index < -0.39 is 0 Å². The summed E-state index contributed by atoms with van der Waals surface area (Å²) in [6.45, 7) is 0.172. The van der Waals surface area contributed by atoms with E-state index in [0.29, 0.717) is 28.5 Å². The largest absolute Gasteiger partial charge is 0.494 e. The predicted molar refractivity (Wildman–Crippen MR) is 82.1 cm³/mol. The molecule has 0 atom stereocenters. The number of benzene rings is 3. The van der Waals surface area contributed by atoms with Gasteiger partial charge < -0.3 is 19.5 Å². The third-order valence-corrected chi connectivity index (χ3v) is 4.27. The van der Waals surface area contributed by atoms with Crippen molar-refractivity contribution < 1.29 is 19.0 Å². The number of carbonyl (C=O) groups is 1. The Morgan fingerprint density at radius 3 is 2.77 bits per heavy atom. The third-order valence-electron chi connectivity index (χ3n) is 4.27. The fourth-order valence-electron chi connectivity index (χ4n) is 3.40. The molecule has 0 spiro atoms. The maximum absolute atomic E-state index is 12.3. The van der Waals surface area contributed by atoms with Crippen molar-refractivity contribution in [2.45, 2.75) is 0 Å². The van der Waals surface area contributed by atoms with Crippen molar-refractivity contribution in [3.05, 3.63) is 35.9 Å². The molecule has 108 valence electrons. The number of rotatable bonds is 1. The summed E-state index contributed by atoms with van der Waals surface area (Å²) in [5.41, 5.74) is 1.30. The van der Waals surface area contributed by atoms with Crippen LogP contribution in [0.3, 0.4) is 0 Å². The Morgan fingerprint density at radius 2 is 1.95 bits per heavy atom. The van der Waals surface area contributed by atoms with Gasteiger partial charge in [0.05, 0.1) is 18.4 Å². The molecule has 5 rings (SSSR count). The van der Waals surface area contributed by atoms with Crippen molar-refractivity contribution in [3.8, 4) is 17.2 Å². The van der Waals surface area contributed by atoms with Crippen LogP contribution in [0.1, 0.15) is 10.4 Å². The Kier molecular flexibility index (Phi) is 2.03. The lowest BCUT2D eigenvalue weighted by Gasteiger charge is -2.13. The third kappa shape index (κ3) is 1.22. The normalized spacial score (nSPS) is 14.7. The van der Waals surface area contributed by atoms with Gasteiger partial charge in [0.2, 0.25) is 6.79 Å². The van der Waals surface area contributed by atoms with Crippen molar-refractivity contribution in [2.75, 3.05) is 19.2 Å². The average Bonchev–Trinajstić information content (AvgIpc) is 3.13. The topological polar surface area (TPSA) is 56.8 Å². The van der Waals surface area contributed by atoms with Gasteiger partial charge in [-0.2, -0.15) is 0 Å². The first kappa shape index (κ1) is 11.7. The molecule has 5 nitrogen and oxygen atoms in total. The van der Waals surface area contributed by atoms with Crippen molar-refractivity contribution in [1.29, 1.82) is 0 Å². The summed E-state index contributed by atoms with van der Waals surface area (Å²) in [5.74, 6) is 1.83. The minimum atomic E-state index is -0.146. The van der Waals surface area contributed by atoms with Crippen LogP contribution < -0.4 is 19.5 Å². The second-order valence-corrected chi connectivity index (χ2v) is 5.32. The molecule has 2 aliphatic heterocycles. The van der Waals surface area contributed by atoms with Crippen LogP contribution in [0.5, 0.6) is 17.2 Å². The second-order valence-electron chi connectivity index (χ2n) is 5.32. The van der Waals surface area contributed by atoms with Gasteiger partial charge in [0, 0.05) is 16.2 Å². The number of hydrogen-bond acceptors (Lipinski definition) is 4. The second kappa shape index (κ2) is 3.82. The number of hydrogen-bond donors (Lipinski definition) is 1. The Bertz CT molecular complexity index is 993. The van der Waals surface area contributed by atoms with Crippen LogP contribution >= 0.6 is 0 Å². The Morgan fingerprint density at radius 1 is 1.14 bits per heavy atom. The molecule has 3 aromatic carbocycles. The van der Waals surface area contributed by atoms with E-state index in [9.17, 15) is 4.79 Å². The molecule has 0 saturated carbocycles. The molecule has 0 fully saturated rings. The number of ether oxygens (including phenoxy) is 3. The summed E-state index contributed by atoms with van der Waals surface area (Å²) in [7, 11) is 1.61. The SMILES string of the molecule is COc1c2c3c(cc4c(c3c3ccccc13)OCO4)C(=O)N2. The van der Waals surface area contributed by atoms with Crippen LogP contribution in [0.15, 0.2) is 30.3 Å². The molecule has 0 saturated heterocycles. The van der Waals surface area contributed by atoms with E-state index in [0.717, 1.165) is 21.5 Å². The Hall–Kier alpha value is -2.95. The van der Waals surface area contributed by atoms with Crippen molar-refractivity contribution in [2.24, 2.45) is 0 Å². The van der Waals surface area contributed by atoms with Crippen LogP contribution in [0, 0.1) is 0 Å². The summed E-state index contributed by atoms with van der Waals surface area (Å²) in [6.07, 6.45) is 0. The van der Waals surface area contributed by atoms with Crippen molar-refractivity contribution in [1.82, 2.24) is 0 Å². The number of carbonyl (C=O) groups excluding carboxylic acids is 1. The first-order chi connectivity index (χ1) is 10.8. The lowest BCUT2D eigenvalue weighted by molar-refractivity contribution is 0.103. The first-order valence-corrected chi connectivity index (χ1v) is 6.96. The van der Waals surface area contributed by atoms with E-state index in [1.54, 1.807) is 13.2 Å². The Labute approximate surface area is 125 Å². The lowest BCUT2D eigenvalue weighted by atomic mass is 9.96. The molecule has 2 heterocycles. The molecule has 0 aliphatic carbocycles. The summed E-state index contributed by atoms with van der Waals surface area (Å²) < 4.78 is 16.7. The predicted octanol–water partition coefficient (Wildman–Crippen LogP) is 3.30.